The average Bonchev–Trinajstić information content (AvgIpc) is 3.02. The second-order valence-electron chi connectivity index (χ2n) is 4.27. The van der Waals surface area contributed by atoms with Crippen molar-refractivity contribution in [3.8, 4) is 0 Å². The molecule has 0 aliphatic heterocycles. The molecule has 2 rings (SSSR count). The number of nitrogens with one attached hydrogen (secondary N) is 1. The Hall–Kier alpha value is -1.69. The minimum atomic E-state index is 0.886. The number of rotatable bonds is 8. The molecule has 0 aromatic carbocycles. The SMILES string of the molecule is CCCNCc1cncn1CCCn1ccnn1. The molecule has 0 atom stereocenters. The van der Waals surface area contributed by atoms with Crippen LogP contribution in [-0.2, 0) is 19.6 Å². The zero-order valence-electron chi connectivity index (χ0n) is 10.8. The van der Waals surface area contributed by atoms with Crippen molar-refractivity contribution in [3.05, 3.63) is 30.6 Å². The van der Waals surface area contributed by atoms with Crippen LogP contribution in [0.15, 0.2) is 24.9 Å². The molecule has 0 amide bonds. The topological polar surface area (TPSA) is 60.6 Å². The summed E-state index contributed by atoms with van der Waals surface area (Å²) in [6, 6.07) is 0. The van der Waals surface area contributed by atoms with Crippen molar-refractivity contribution < 1.29 is 0 Å². The predicted octanol–water partition coefficient (Wildman–Crippen LogP) is 1.06. The molecule has 18 heavy (non-hydrogen) atoms. The first-order valence-electron chi connectivity index (χ1n) is 6.44. The van der Waals surface area contributed by atoms with E-state index in [0.717, 1.165) is 39.0 Å². The summed E-state index contributed by atoms with van der Waals surface area (Å²) in [4.78, 5) is 4.20. The largest absolute Gasteiger partial charge is 0.333 e. The third-order valence-electron chi connectivity index (χ3n) is 2.79. The Morgan fingerprint density at radius 2 is 2.28 bits per heavy atom. The van der Waals surface area contributed by atoms with Crippen molar-refractivity contribution in [1.82, 2.24) is 29.9 Å². The van der Waals surface area contributed by atoms with E-state index in [1.54, 1.807) is 6.20 Å². The summed E-state index contributed by atoms with van der Waals surface area (Å²) >= 11 is 0. The number of nitrogens with zero attached hydrogens (tertiary/aromatic N) is 5. The average molecular weight is 248 g/mol. The van der Waals surface area contributed by atoms with Crippen molar-refractivity contribution in [2.45, 2.75) is 39.4 Å². The monoisotopic (exact) mass is 248 g/mol. The molecule has 0 unspecified atom stereocenters. The Bertz CT molecular complexity index is 433. The fraction of sp³-hybridized carbons (Fsp3) is 0.583. The Kier molecular flexibility index (Phi) is 4.89. The molecular weight excluding hydrogens is 228 g/mol. The predicted molar refractivity (Wildman–Crippen MR) is 68.9 cm³/mol. The molecule has 0 saturated carbocycles. The molecule has 0 aliphatic rings. The second kappa shape index (κ2) is 6.90. The van der Waals surface area contributed by atoms with Gasteiger partial charge < -0.3 is 9.88 Å². The number of aryl methyl sites for hydroxylation is 2. The Labute approximate surface area is 107 Å². The lowest BCUT2D eigenvalue weighted by Gasteiger charge is -2.08. The first-order valence-corrected chi connectivity index (χ1v) is 6.44. The molecule has 6 heteroatoms. The molecule has 0 aliphatic carbocycles. The highest BCUT2D eigenvalue weighted by Gasteiger charge is 2.01. The minimum absolute atomic E-state index is 0.886. The fourth-order valence-electron chi connectivity index (χ4n) is 1.84. The van der Waals surface area contributed by atoms with Gasteiger partial charge in [-0.25, -0.2) is 4.98 Å². The highest BCUT2D eigenvalue weighted by molar-refractivity contribution is 4.97. The number of hydrogen-bond acceptors (Lipinski definition) is 4. The highest BCUT2D eigenvalue weighted by Crippen LogP contribution is 2.01. The maximum Gasteiger partial charge on any atom is 0.0948 e. The van der Waals surface area contributed by atoms with Crippen LogP contribution in [0.2, 0.25) is 0 Å². The molecule has 6 nitrogen and oxygen atoms in total. The molecule has 0 saturated heterocycles. The Morgan fingerprint density at radius 3 is 3.06 bits per heavy atom. The van der Waals surface area contributed by atoms with Gasteiger partial charge in [0.05, 0.1) is 18.2 Å². The lowest BCUT2D eigenvalue weighted by molar-refractivity contribution is 0.502. The van der Waals surface area contributed by atoms with E-state index in [-0.39, 0.29) is 0 Å². The Balaban J connectivity index is 1.76. The zero-order chi connectivity index (χ0) is 12.6. The summed E-state index contributed by atoms with van der Waals surface area (Å²) in [5.41, 5.74) is 1.24. The van der Waals surface area contributed by atoms with Crippen LogP contribution in [0.25, 0.3) is 0 Å². The summed E-state index contributed by atoms with van der Waals surface area (Å²) < 4.78 is 4.05. The van der Waals surface area contributed by atoms with Gasteiger partial charge in [0.25, 0.3) is 0 Å². The van der Waals surface area contributed by atoms with E-state index in [9.17, 15) is 0 Å². The van der Waals surface area contributed by atoms with Crippen LogP contribution in [-0.4, -0.2) is 31.1 Å². The normalized spacial score (nSPS) is 10.9. The van der Waals surface area contributed by atoms with E-state index in [1.807, 2.05) is 23.4 Å². The molecule has 2 aromatic rings. The standard InChI is InChI=1S/C12H20N6/c1-2-4-13-9-12-10-14-11-17(12)6-3-7-18-8-5-15-16-18/h5,8,10-11,13H,2-4,6-7,9H2,1H3. The molecule has 0 radical (unpaired) electrons. The van der Waals surface area contributed by atoms with Crippen LogP contribution >= 0.6 is 0 Å². The molecule has 98 valence electrons. The smallest absolute Gasteiger partial charge is 0.0948 e. The number of imidazole rings is 1. The lowest BCUT2D eigenvalue weighted by Crippen LogP contribution is -2.17. The van der Waals surface area contributed by atoms with Gasteiger partial charge in [0.1, 0.15) is 0 Å². The van der Waals surface area contributed by atoms with Crippen LogP contribution in [0.1, 0.15) is 25.5 Å². The summed E-state index contributed by atoms with van der Waals surface area (Å²) in [6.45, 7) is 5.95. The first-order chi connectivity index (χ1) is 8.90. The van der Waals surface area contributed by atoms with E-state index in [4.69, 9.17) is 0 Å². The number of hydrogen-bond donors (Lipinski definition) is 1. The van der Waals surface area contributed by atoms with Gasteiger partial charge in [-0.05, 0) is 19.4 Å². The maximum atomic E-state index is 4.20. The second-order valence-corrected chi connectivity index (χ2v) is 4.27. The van der Waals surface area contributed by atoms with Crippen molar-refractivity contribution in [1.29, 1.82) is 0 Å². The van der Waals surface area contributed by atoms with E-state index >= 15 is 0 Å². The summed E-state index contributed by atoms with van der Waals surface area (Å²) in [5.74, 6) is 0. The van der Waals surface area contributed by atoms with Crippen LogP contribution < -0.4 is 5.32 Å². The van der Waals surface area contributed by atoms with Gasteiger partial charge in [0, 0.05) is 32.0 Å². The maximum absolute atomic E-state index is 4.20. The minimum Gasteiger partial charge on any atom is -0.333 e. The molecule has 0 spiro atoms. The van der Waals surface area contributed by atoms with Crippen LogP contribution in [0.5, 0.6) is 0 Å². The summed E-state index contributed by atoms with van der Waals surface area (Å²) in [7, 11) is 0. The summed E-state index contributed by atoms with van der Waals surface area (Å²) in [6.07, 6.45) is 9.60. The molecule has 1 N–H and O–H groups in total. The van der Waals surface area contributed by atoms with Crippen molar-refractivity contribution in [2.24, 2.45) is 0 Å². The third kappa shape index (κ3) is 3.66. The highest BCUT2D eigenvalue weighted by atomic mass is 15.4. The van der Waals surface area contributed by atoms with Crippen LogP contribution in [0.4, 0.5) is 0 Å². The van der Waals surface area contributed by atoms with Crippen molar-refractivity contribution in [2.75, 3.05) is 6.54 Å². The molecule has 0 bridgehead atoms. The van der Waals surface area contributed by atoms with Crippen LogP contribution in [0, 0.1) is 0 Å². The number of aromatic nitrogens is 5. The zero-order valence-corrected chi connectivity index (χ0v) is 10.8. The van der Waals surface area contributed by atoms with Gasteiger partial charge in [-0.3, -0.25) is 4.68 Å². The van der Waals surface area contributed by atoms with Gasteiger partial charge in [-0.2, -0.15) is 0 Å². The summed E-state index contributed by atoms with van der Waals surface area (Å²) in [5, 5.41) is 11.1. The fourth-order valence-corrected chi connectivity index (χ4v) is 1.84. The van der Waals surface area contributed by atoms with Gasteiger partial charge in [0.15, 0.2) is 0 Å². The molecule has 2 heterocycles. The third-order valence-corrected chi connectivity index (χ3v) is 2.79. The van der Waals surface area contributed by atoms with E-state index in [2.05, 4.69) is 32.1 Å². The van der Waals surface area contributed by atoms with Crippen molar-refractivity contribution in [3.63, 3.8) is 0 Å². The van der Waals surface area contributed by atoms with Gasteiger partial charge in [-0.1, -0.05) is 12.1 Å². The quantitative estimate of drug-likeness (QED) is 0.710. The lowest BCUT2D eigenvalue weighted by atomic mass is 10.3. The van der Waals surface area contributed by atoms with Gasteiger partial charge in [-0.15, -0.1) is 5.10 Å². The van der Waals surface area contributed by atoms with Crippen molar-refractivity contribution >= 4 is 0 Å². The Morgan fingerprint density at radius 1 is 1.33 bits per heavy atom. The van der Waals surface area contributed by atoms with E-state index in [0.29, 0.717) is 0 Å². The van der Waals surface area contributed by atoms with Crippen LogP contribution in [0.3, 0.4) is 0 Å². The molecule has 2 aromatic heterocycles. The molecule has 0 fully saturated rings. The van der Waals surface area contributed by atoms with E-state index < -0.39 is 0 Å². The van der Waals surface area contributed by atoms with Gasteiger partial charge >= 0.3 is 0 Å². The molecular formula is C12H20N6. The van der Waals surface area contributed by atoms with Gasteiger partial charge in [0.2, 0.25) is 0 Å². The van der Waals surface area contributed by atoms with E-state index in [1.165, 1.54) is 5.69 Å². The first kappa shape index (κ1) is 12.8.